The van der Waals surface area contributed by atoms with Crippen molar-refractivity contribution in [2.75, 3.05) is 6.61 Å². The number of rotatable bonds is 7. The van der Waals surface area contributed by atoms with Gasteiger partial charge in [0.05, 0.1) is 6.61 Å². The molecule has 2 aromatic rings. The zero-order valence-corrected chi connectivity index (χ0v) is 13.4. The molecule has 0 aliphatic carbocycles. The van der Waals surface area contributed by atoms with Crippen molar-refractivity contribution >= 4 is 17.5 Å². The summed E-state index contributed by atoms with van der Waals surface area (Å²) in [5.74, 6) is 0.842. The number of amides is 1. The Bertz CT molecular complexity index is 611. The van der Waals surface area contributed by atoms with Gasteiger partial charge < -0.3 is 10.1 Å². The van der Waals surface area contributed by atoms with Crippen LogP contribution in [0.15, 0.2) is 48.5 Å². The molecule has 2 rings (SSSR count). The second-order valence-electron chi connectivity index (χ2n) is 5.13. The molecule has 0 heterocycles. The van der Waals surface area contributed by atoms with Gasteiger partial charge in [0.2, 0.25) is 5.91 Å². The van der Waals surface area contributed by atoms with Crippen LogP contribution in [0.25, 0.3) is 0 Å². The Morgan fingerprint density at radius 1 is 1.14 bits per heavy atom. The maximum absolute atomic E-state index is 11.8. The fourth-order valence-electron chi connectivity index (χ4n) is 1.98. The van der Waals surface area contributed by atoms with Crippen LogP contribution < -0.4 is 10.1 Å². The molecule has 0 spiro atoms. The number of carbonyl (C=O) groups is 1. The molecule has 3 nitrogen and oxygen atoms in total. The Morgan fingerprint density at radius 3 is 2.59 bits per heavy atom. The molecule has 0 radical (unpaired) electrons. The second kappa shape index (κ2) is 8.44. The van der Waals surface area contributed by atoms with Gasteiger partial charge in [0.25, 0.3) is 0 Å². The lowest BCUT2D eigenvalue weighted by Crippen LogP contribution is -2.23. The highest BCUT2D eigenvalue weighted by Gasteiger charge is 2.04. The third-order valence-corrected chi connectivity index (χ3v) is 3.64. The molecule has 2 aromatic carbocycles. The lowest BCUT2D eigenvalue weighted by molar-refractivity contribution is -0.121. The van der Waals surface area contributed by atoms with E-state index in [1.165, 1.54) is 5.56 Å². The molecule has 0 unspecified atom stereocenters. The van der Waals surface area contributed by atoms with Crippen molar-refractivity contribution in [2.24, 2.45) is 0 Å². The zero-order chi connectivity index (χ0) is 15.8. The average molecular weight is 318 g/mol. The second-order valence-corrected chi connectivity index (χ2v) is 5.54. The van der Waals surface area contributed by atoms with Crippen molar-refractivity contribution in [1.82, 2.24) is 5.32 Å². The number of hydrogen-bond acceptors (Lipinski definition) is 2. The van der Waals surface area contributed by atoms with Gasteiger partial charge in [0, 0.05) is 18.0 Å². The Labute approximate surface area is 136 Å². The molecule has 0 saturated heterocycles. The smallest absolute Gasteiger partial charge is 0.220 e. The van der Waals surface area contributed by atoms with E-state index in [4.69, 9.17) is 16.3 Å². The van der Waals surface area contributed by atoms with E-state index in [9.17, 15) is 4.79 Å². The highest BCUT2D eigenvalue weighted by Crippen LogP contribution is 2.14. The van der Waals surface area contributed by atoms with E-state index in [0.29, 0.717) is 31.0 Å². The van der Waals surface area contributed by atoms with E-state index in [1.54, 1.807) is 0 Å². The van der Waals surface area contributed by atoms with E-state index in [0.717, 1.165) is 11.3 Å². The van der Waals surface area contributed by atoms with Crippen LogP contribution in [0.4, 0.5) is 0 Å². The van der Waals surface area contributed by atoms with Crippen LogP contribution in [0.2, 0.25) is 5.02 Å². The minimum absolute atomic E-state index is 0.00688. The molecule has 1 amide bonds. The lowest BCUT2D eigenvalue weighted by Gasteiger charge is -2.08. The topological polar surface area (TPSA) is 38.3 Å². The molecule has 0 aliphatic rings. The molecular formula is C18H20ClNO2. The monoisotopic (exact) mass is 317 g/mol. The van der Waals surface area contributed by atoms with Gasteiger partial charge in [0.1, 0.15) is 5.75 Å². The first-order chi connectivity index (χ1) is 10.6. The van der Waals surface area contributed by atoms with Gasteiger partial charge in [0.15, 0.2) is 0 Å². The van der Waals surface area contributed by atoms with Crippen LogP contribution >= 0.6 is 11.6 Å². The first kappa shape index (κ1) is 16.4. The number of carbonyl (C=O) groups excluding carboxylic acids is 1. The van der Waals surface area contributed by atoms with E-state index in [1.807, 2.05) is 55.5 Å². The van der Waals surface area contributed by atoms with Gasteiger partial charge in [-0.15, -0.1) is 0 Å². The summed E-state index contributed by atoms with van der Waals surface area (Å²) < 4.78 is 5.59. The predicted molar refractivity (Wildman–Crippen MR) is 89.2 cm³/mol. The maximum atomic E-state index is 11.8. The molecule has 0 saturated carbocycles. The molecule has 0 atom stereocenters. The molecule has 22 heavy (non-hydrogen) atoms. The van der Waals surface area contributed by atoms with Crippen LogP contribution in [0, 0.1) is 6.92 Å². The largest absolute Gasteiger partial charge is 0.494 e. The molecule has 116 valence electrons. The first-order valence-corrected chi connectivity index (χ1v) is 7.72. The highest BCUT2D eigenvalue weighted by atomic mass is 35.5. The quantitative estimate of drug-likeness (QED) is 0.780. The van der Waals surface area contributed by atoms with Gasteiger partial charge in [-0.05, 0) is 37.1 Å². The summed E-state index contributed by atoms with van der Waals surface area (Å²) in [6.45, 7) is 3.02. The van der Waals surface area contributed by atoms with Crippen LogP contribution in [0.5, 0.6) is 5.75 Å². The summed E-state index contributed by atoms with van der Waals surface area (Å²) in [5.41, 5.74) is 2.12. The average Bonchev–Trinajstić information content (AvgIpc) is 2.52. The van der Waals surface area contributed by atoms with Crippen molar-refractivity contribution < 1.29 is 9.53 Å². The zero-order valence-electron chi connectivity index (χ0n) is 12.6. The van der Waals surface area contributed by atoms with E-state index < -0.39 is 0 Å². The van der Waals surface area contributed by atoms with E-state index in [2.05, 4.69) is 5.32 Å². The summed E-state index contributed by atoms with van der Waals surface area (Å²) in [6, 6.07) is 15.4. The lowest BCUT2D eigenvalue weighted by atomic mass is 10.2. The van der Waals surface area contributed by atoms with E-state index in [-0.39, 0.29) is 5.91 Å². The fourth-order valence-corrected chi connectivity index (χ4v) is 2.18. The molecular weight excluding hydrogens is 298 g/mol. The molecule has 4 heteroatoms. The normalized spacial score (nSPS) is 10.3. The molecule has 0 fully saturated rings. The predicted octanol–water partition coefficient (Wildman–Crippen LogP) is 4.12. The molecule has 1 N–H and O–H groups in total. The van der Waals surface area contributed by atoms with Crippen molar-refractivity contribution in [2.45, 2.75) is 26.3 Å². The number of ether oxygens (including phenoxy) is 1. The van der Waals surface area contributed by atoms with Crippen LogP contribution in [0.3, 0.4) is 0 Å². The van der Waals surface area contributed by atoms with Crippen LogP contribution in [-0.4, -0.2) is 12.5 Å². The van der Waals surface area contributed by atoms with Crippen molar-refractivity contribution in [3.63, 3.8) is 0 Å². The number of hydrogen-bond donors (Lipinski definition) is 1. The third kappa shape index (κ3) is 5.41. The minimum Gasteiger partial charge on any atom is -0.494 e. The highest BCUT2D eigenvalue weighted by molar-refractivity contribution is 6.31. The summed E-state index contributed by atoms with van der Waals surface area (Å²) in [5, 5.41) is 3.54. The molecule has 0 aromatic heterocycles. The van der Waals surface area contributed by atoms with Gasteiger partial charge >= 0.3 is 0 Å². The SMILES string of the molecule is Cc1ccc(OCCCC(=O)NCc2ccccc2Cl)cc1. The third-order valence-electron chi connectivity index (χ3n) is 3.27. The van der Waals surface area contributed by atoms with Crippen molar-refractivity contribution in [3.8, 4) is 5.75 Å². The van der Waals surface area contributed by atoms with Crippen molar-refractivity contribution in [3.05, 3.63) is 64.7 Å². The number of aryl methyl sites for hydroxylation is 1. The summed E-state index contributed by atoms with van der Waals surface area (Å²) in [4.78, 5) is 11.8. The Hall–Kier alpha value is -2.00. The van der Waals surface area contributed by atoms with Crippen LogP contribution in [-0.2, 0) is 11.3 Å². The Morgan fingerprint density at radius 2 is 1.86 bits per heavy atom. The first-order valence-electron chi connectivity index (χ1n) is 7.35. The minimum atomic E-state index is 0.00688. The van der Waals surface area contributed by atoms with Gasteiger partial charge in [-0.2, -0.15) is 0 Å². The standard InChI is InChI=1S/C18H20ClNO2/c1-14-8-10-16(11-9-14)22-12-4-7-18(21)20-13-15-5-2-3-6-17(15)19/h2-3,5-6,8-11H,4,7,12-13H2,1H3,(H,20,21). The van der Waals surface area contributed by atoms with E-state index >= 15 is 0 Å². The Balaban J connectivity index is 1.64. The van der Waals surface area contributed by atoms with Crippen LogP contribution in [0.1, 0.15) is 24.0 Å². The summed E-state index contributed by atoms with van der Waals surface area (Å²) in [6.07, 6.45) is 1.12. The molecule has 0 aliphatic heterocycles. The maximum Gasteiger partial charge on any atom is 0.220 e. The number of nitrogens with one attached hydrogen (secondary N) is 1. The van der Waals surface area contributed by atoms with Gasteiger partial charge in [-0.1, -0.05) is 47.5 Å². The number of halogens is 1. The summed E-state index contributed by atoms with van der Waals surface area (Å²) in [7, 11) is 0. The number of benzene rings is 2. The Kier molecular flexibility index (Phi) is 6.28. The molecule has 0 bridgehead atoms. The van der Waals surface area contributed by atoms with Gasteiger partial charge in [-0.3, -0.25) is 4.79 Å². The fraction of sp³-hybridized carbons (Fsp3) is 0.278. The summed E-state index contributed by atoms with van der Waals surface area (Å²) >= 11 is 6.04. The van der Waals surface area contributed by atoms with Crippen molar-refractivity contribution in [1.29, 1.82) is 0 Å². The van der Waals surface area contributed by atoms with Gasteiger partial charge in [-0.25, -0.2) is 0 Å².